The number of nitrogens with one attached hydrogen (secondary N) is 2. The summed E-state index contributed by atoms with van der Waals surface area (Å²) in [4.78, 5) is 31.2. The third-order valence-electron chi connectivity index (χ3n) is 6.07. The molecule has 1 aliphatic heterocycles. The number of allylic oxidation sites excluding steroid dienone is 1. The second-order valence-electron chi connectivity index (χ2n) is 8.14. The van der Waals surface area contributed by atoms with Crippen LogP contribution in [0.15, 0.2) is 59.9 Å². The number of amides is 1. The monoisotopic (exact) mass is 464 g/mol. The van der Waals surface area contributed by atoms with Gasteiger partial charge in [-0.2, -0.15) is 0 Å². The molecular weight excluding hydrogens is 436 g/mol. The molecule has 3 aromatic rings. The van der Waals surface area contributed by atoms with E-state index < -0.39 is 0 Å². The number of aromatic amines is 1. The molecule has 1 aliphatic rings. The van der Waals surface area contributed by atoms with Gasteiger partial charge in [-0.1, -0.05) is 18.2 Å². The number of nitrogens with zero attached hydrogens (tertiary/aromatic N) is 2. The Kier molecular flexibility index (Phi) is 7.05. The number of hydrogen-bond acceptors (Lipinski definition) is 5. The Labute approximate surface area is 197 Å². The van der Waals surface area contributed by atoms with E-state index >= 15 is 0 Å². The molecule has 1 unspecified atom stereocenters. The molecule has 0 radical (unpaired) electrons. The number of carbonyl (C=O) groups excluding carboxylic acids is 1. The molecule has 1 amide bonds. The third-order valence-corrected chi connectivity index (χ3v) is 6.39. The van der Waals surface area contributed by atoms with E-state index in [1.165, 1.54) is 4.57 Å². The van der Waals surface area contributed by atoms with Crippen molar-refractivity contribution in [3.63, 3.8) is 0 Å². The Morgan fingerprint density at radius 1 is 1.27 bits per heavy atom. The molecular formula is C25H28N4O3S. The first-order chi connectivity index (χ1) is 16.0. The zero-order chi connectivity index (χ0) is 23.4. The molecule has 2 N–H and O–H groups in total. The summed E-state index contributed by atoms with van der Waals surface area (Å²) in [5, 5.41) is 3.56. The van der Waals surface area contributed by atoms with Crippen LogP contribution < -0.4 is 15.6 Å². The SMILES string of the molecule is C=CCn1c(=S)[nH]c2cc(C(=O)NCC(c3cccc(OC)c3)N3CCCC3)ccc2c1=O. The van der Waals surface area contributed by atoms with Crippen molar-refractivity contribution in [2.45, 2.75) is 25.4 Å². The molecule has 1 atom stereocenters. The van der Waals surface area contributed by atoms with Crippen molar-refractivity contribution in [3.05, 3.63) is 81.4 Å². The molecule has 1 aromatic heterocycles. The maximum absolute atomic E-state index is 13.0. The Morgan fingerprint density at radius 2 is 2.06 bits per heavy atom. The summed E-state index contributed by atoms with van der Waals surface area (Å²) in [7, 11) is 1.66. The minimum absolute atomic E-state index is 0.0592. The van der Waals surface area contributed by atoms with E-state index in [2.05, 4.69) is 27.8 Å². The molecule has 1 fully saturated rings. The highest BCUT2D eigenvalue weighted by Gasteiger charge is 2.24. The summed E-state index contributed by atoms with van der Waals surface area (Å²) in [6.45, 7) is 6.47. The summed E-state index contributed by atoms with van der Waals surface area (Å²) in [5.41, 5.74) is 1.93. The predicted octanol–water partition coefficient (Wildman–Crippen LogP) is 3.82. The second kappa shape index (κ2) is 10.1. The molecule has 0 aliphatic carbocycles. The van der Waals surface area contributed by atoms with Crippen LogP contribution in [0.2, 0.25) is 0 Å². The fourth-order valence-electron chi connectivity index (χ4n) is 4.34. The quantitative estimate of drug-likeness (QED) is 0.391. The van der Waals surface area contributed by atoms with Crippen LogP contribution >= 0.6 is 12.2 Å². The molecule has 172 valence electrons. The topological polar surface area (TPSA) is 79.4 Å². The van der Waals surface area contributed by atoms with Crippen LogP contribution in [-0.4, -0.2) is 47.1 Å². The molecule has 8 heteroatoms. The number of aromatic nitrogens is 2. The first-order valence-electron chi connectivity index (χ1n) is 11.1. The van der Waals surface area contributed by atoms with Crippen LogP contribution in [0.25, 0.3) is 10.9 Å². The fourth-order valence-corrected chi connectivity index (χ4v) is 4.61. The maximum Gasteiger partial charge on any atom is 0.262 e. The Hall–Kier alpha value is -3.23. The van der Waals surface area contributed by atoms with Gasteiger partial charge in [0, 0.05) is 18.7 Å². The zero-order valence-electron chi connectivity index (χ0n) is 18.7. The lowest BCUT2D eigenvalue weighted by molar-refractivity contribution is 0.0938. The predicted molar refractivity (Wildman–Crippen MR) is 132 cm³/mol. The Morgan fingerprint density at radius 3 is 2.79 bits per heavy atom. The van der Waals surface area contributed by atoms with E-state index in [0.717, 1.165) is 37.2 Å². The van der Waals surface area contributed by atoms with Gasteiger partial charge in [0.1, 0.15) is 5.75 Å². The van der Waals surface area contributed by atoms with Gasteiger partial charge in [-0.15, -0.1) is 6.58 Å². The number of likely N-dealkylation sites (tertiary alicyclic amines) is 1. The summed E-state index contributed by atoms with van der Waals surface area (Å²) < 4.78 is 7.14. The first kappa shape index (κ1) is 22.9. The molecule has 33 heavy (non-hydrogen) atoms. The van der Waals surface area contributed by atoms with E-state index in [0.29, 0.717) is 34.3 Å². The van der Waals surface area contributed by atoms with Crippen molar-refractivity contribution in [2.75, 3.05) is 26.7 Å². The average molecular weight is 465 g/mol. The van der Waals surface area contributed by atoms with Crippen molar-refractivity contribution >= 4 is 29.0 Å². The molecule has 0 saturated carbocycles. The molecule has 0 spiro atoms. The highest BCUT2D eigenvalue weighted by Crippen LogP contribution is 2.27. The summed E-state index contributed by atoms with van der Waals surface area (Å²) >= 11 is 5.31. The van der Waals surface area contributed by atoms with Crippen molar-refractivity contribution in [1.29, 1.82) is 0 Å². The van der Waals surface area contributed by atoms with Gasteiger partial charge in [0.05, 0.1) is 24.1 Å². The normalized spacial score (nSPS) is 14.8. The summed E-state index contributed by atoms with van der Waals surface area (Å²) in [6, 6.07) is 13.1. The van der Waals surface area contributed by atoms with Crippen LogP contribution in [0, 0.1) is 4.77 Å². The number of rotatable bonds is 8. The Bertz CT molecular complexity index is 1290. The average Bonchev–Trinajstić information content (AvgIpc) is 3.36. The molecule has 1 saturated heterocycles. The van der Waals surface area contributed by atoms with Gasteiger partial charge >= 0.3 is 0 Å². The largest absolute Gasteiger partial charge is 0.497 e. The number of methoxy groups -OCH3 is 1. The van der Waals surface area contributed by atoms with Gasteiger partial charge in [0.15, 0.2) is 4.77 Å². The van der Waals surface area contributed by atoms with Gasteiger partial charge in [-0.25, -0.2) is 0 Å². The lowest BCUT2D eigenvalue weighted by Crippen LogP contribution is -2.36. The minimum Gasteiger partial charge on any atom is -0.497 e. The van der Waals surface area contributed by atoms with E-state index in [1.807, 2.05) is 18.2 Å². The van der Waals surface area contributed by atoms with Crippen LogP contribution in [-0.2, 0) is 6.54 Å². The smallest absolute Gasteiger partial charge is 0.262 e. The molecule has 4 rings (SSSR count). The fraction of sp³-hybridized carbons (Fsp3) is 0.320. The molecule has 0 bridgehead atoms. The molecule has 7 nitrogen and oxygen atoms in total. The van der Waals surface area contributed by atoms with Crippen molar-refractivity contribution < 1.29 is 9.53 Å². The number of carbonyl (C=O) groups is 1. The van der Waals surface area contributed by atoms with Crippen molar-refractivity contribution in [3.8, 4) is 5.75 Å². The van der Waals surface area contributed by atoms with Crippen molar-refractivity contribution in [2.24, 2.45) is 0 Å². The highest BCUT2D eigenvalue weighted by atomic mass is 32.1. The lowest BCUT2D eigenvalue weighted by atomic mass is 10.0. The van der Waals surface area contributed by atoms with Crippen molar-refractivity contribution in [1.82, 2.24) is 19.8 Å². The van der Waals surface area contributed by atoms with Gasteiger partial charge in [0.25, 0.3) is 11.5 Å². The van der Waals surface area contributed by atoms with Gasteiger partial charge in [-0.3, -0.25) is 19.1 Å². The number of hydrogen-bond donors (Lipinski definition) is 2. The third kappa shape index (κ3) is 4.91. The van der Waals surface area contributed by atoms with Gasteiger partial charge < -0.3 is 15.0 Å². The molecule has 2 aromatic carbocycles. The minimum atomic E-state index is -0.201. The number of ether oxygens (including phenoxy) is 1. The first-order valence-corrected chi connectivity index (χ1v) is 11.5. The van der Waals surface area contributed by atoms with Gasteiger partial charge in [-0.05, 0) is 74.0 Å². The van der Waals surface area contributed by atoms with Gasteiger partial charge in [0.2, 0.25) is 0 Å². The number of H-pyrrole nitrogens is 1. The number of benzene rings is 2. The highest BCUT2D eigenvalue weighted by molar-refractivity contribution is 7.71. The van der Waals surface area contributed by atoms with E-state index in [-0.39, 0.29) is 17.5 Å². The zero-order valence-corrected chi connectivity index (χ0v) is 19.5. The lowest BCUT2D eigenvalue weighted by Gasteiger charge is -2.28. The van der Waals surface area contributed by atoms with E-state index in [9.17, 15) is 9.59 Å². The van der Waals surface area contributed by atoms with E-state index in [1.54, 1.807) is 31.4 Å². The van der Waals surface area contributed by atoms with Crippen LogP contribution in [0.3, 0.4) is 0 Å². The maximum atomic E-state index is 13.0. The van der Waals surface area contributed by atoms with E-state index in [4.69, 9.17) is 17.0 Å². The summed E-state index contributed by atoms with van der Waals surface area (Å²) in [5.74, 6) is 0.605. The summed E-state index contributed by atoms with van der Waals surface area (Å²) in [6.07, 6.45) is 3.93. The van der Waals surface area contributed by atoms with Crippen LogP contribution in [0.4, 0.5) is 0 Å². The Balaban J connectivity index is 1.57. The number of fused-ring (bicyclic) bond motifs is 1. The van der Waals surface area contributed by atoms with Crippen LogP contribution in [0.1, 0.15) is 34.8 Å². The molecule has 2 heterocycles. The second-order valence-corrected chi connectivity index (χ2v) is 8.53. The van der Waals surface area contributed by atoms with Crippen LogP contribution in [0.5, 0.6) is 5.75 Å². The standard InChI is InChI=1S/C25H28N4O3S/c1-3-11-29-24(31)20-10-9-18(15-21(20)27-25(29)33)23(30)26-16-22(28-12-4-5-13-28)17-7-6-8-19(14-17)32-2/h3,6-10,14-15,22H,1,4-5,11-13,16H2,2H3,(H,26,30)(H,27,33).